The fraction of sp³-hybridized carbons (Fsp3) is 0.0909. The Balaban J connectivity index is 1.15. The van der Waals surface area contributed by atoms with Crippen LogP contribution in [0.5, 0.6) is 11.5 Å². The van der Waals surface area contributed by atoms with E-state index in [2.05, 4.69) is 149 Å². The van der Waals surface area contributed by atoms with Crippen molar-refractivity contribution < 1.29 is 4.74 Å². The summed E-state index contributed by atoms with van der Waals surface area (Å²) in [5.41, 5.74) is 13.8. The van der Waals surface area contributed by atoms with Gasteiger partial charge >= 0.3 is 0 Å². The summed E-state index contributed by atoms with van der Waals surface area (Å²) in [5.74, 6) is 1.87. The van der Waals surface area contributed by atoms with Gasteiger partial charge in [-0.1, -0.05) is 84.6 Å². The SMILES string of the molecule is c1ccc(N2c3cc(N4C5=C(CCCC5)Sc5ccccc54)ccc3B3c4cc(-c5cccc6ccsc56)ccc4Oc4cccc2c43)cc1. The number of fused-ring (bicyclic) bond motifs is 6. The molecule has 0 atom stereocenters. The van der Waals surface area contributed by atoms with Crippen LogP contribution in [0.15, 0.2) is 154 Å². The minimum atomic E-state index is 0.0325. The Hall–Kier alpha value is -5.17. The van der Waals surface area contributed by atoms with E-state index in [4.69, 9.17) is 4.74 Å². The summed E-state index contributed by atoms with van der Waals surface area (Å²) in [6.45, 7) is 0.0325. The average molecular weight is 679 g/mol. The Bertz CT molecular complexity index is 2540. The van der Waals surface area contributed by atoms with E-state index < -0.39 is 0 Å². The summed E-state index contributed by atoms with van der Waals surface area (Å²) >= 11 is 3.79. The molecule has 4 heterocycles. The van der Waals surface area contributed by atoms with Crippen molar-refractivity contribution >= 4 is 84.7 Å². The fourth-order valence-corrected chi connectivity index (χ4v) is 10.7. The second-order valence-corrected chi connectivity index (χ2v) is 15.6. The maximum absolute atomic E-state index is 6.76. The minimum Gasteiger partial charge on any atom is -0.458 e. The highest BCUT2D eigenvalue weighted by Gasteiger charge is 2.42. The number of para-hydroxylation sites is 2. The number of hydrogen-bond acceptors (Lipinski definition) is 5. The summed E-state index contributed by atoms with van der Waals surface area (Å²) in [6, 6.07) is 49.2. The Morgan fingerprint density at radius 3 is 2.42 bits per heavy atom. The van der Waals surface area contributed by atoms with Gasteiger partial charge in [-0.3, -0.25) is 0 Å². The van der Waals surface area contributed by atoms with Crippen LogP contribution in [0.2, 0.25) is 0 Å². The number of allylic oxidation sites excluding steroid dienone is 2. The van der Waals surface area contributed by atoms with Gasteiger partial charge < -0.3 is 14.5 Å². The van der Waals surface area contributed by atoms with Crippen LogP contribution in [0.25, 0.3) is 21.2 Å². The number of hydrogen-bond donors (Lipinski definition) is 0. The molecule has 6 aromatic carbocycles. The molecule has 1 aliphatic carbocycles. The lowest BCUT2D eigenvalue weighted by Gasteiger charge is -2.41. The Kier molecular flexibility index (Phi) is 6.40. The van der Waals surface area contributed by atoms with Gasteiger partial charge in [0, 0.05) is 42.9 Å². The second-order valence-electron chi connectivity index (χ2n) is 13.5. The largest absolute Gasteiger partial charge is 0.458 e. The number of thiophene rings is 1. The van der Waals surface area contributed by atoms with Crippen molar-refractivity contribution in [2.24, 2.45) is 0 Å². The first-order valence-corrected chi connectivity index (χ1v) is 19.2. The topological polar surface area (TPSA) is 15.7 Å². The van der Waals surface area contributed by atoms with Crippen LogP contribution in [0.1, 0.15) is 25.7 Å². The van der Waals surface area contributed by atoms with Crippen molar-refractivity contribution in [1.82, 2.24) is 0 Å². The van der Waals surface area contributed by atoms with Crippen molar-refractivity contribution in [3.8, 4) is 22.6 Å². The molecule has 0 saturated heterocycles. The first-order valence-electron chi connectivity index (χ1n) is 17.5. The normalized spacial score (nSPS) is 15.6. The number of anilines is 5. The summed E-state index contributed by atoms with van der Waals surface area (Å²) in [7, 11) is 0. The van der Waals surface area contributed by atoms with Gasteiger partial charge in [0.2, 0.25) is 0 Å². The maximum Gasteiger partial charge on any atom is 0.256 e. The molecule has 3 nitrogen and oxygen atoms in total. The van der Waals surface area contributed by atoms with Gasteiger partial charge in [-0.2, -0.15) is 0 Å². The van der Waals surface area contributed by atoms with Gasteiger partial charge in [0.1, 0.15) is 11.5 Å². The van der Waals surface area contributed by atoms with Crippen molar-refractivity contribution in [1.29, 1.82) is 0 Å². The third-order valence-corrected chi connectivity index (χ3v) is 13.0. The smallest absolute Gasteiger partial charge is 0.256 e. The molecule has 11 rings (SSSR count). The summed E-state index contributed by atoms with van der Waals surface area (Å²) < 4.78 is 8.09. The van der Waals surface area contributed by atoms with Gasteiger partial charge in [0.25, 0.3) is 6.71 Å². The zero-order chi connectivity index (χ0) is 32.8. The molecule has 6 heteroatoms. The van der Waals surface area contributed by atoms with E-state index in [0.29, 0.717) is 0 Å². The molecule has 0 amide bonds. The molecule has 0 bridgehead atoms. The predicted molar refractivity (Wildman–Crippen MR) is 213 cm³/mol. The molecule has 4 aliphatic rings. The first-order chi connectivity index (χ1) is 24.8. The standard InChI is InChI=1S/C44H31BN2OS2/c1-2-11-30(12-3-1)46-37-16-9-17-40-43(37)45(34-26-29(20-23-39(34)48-40)32-13-8-10-28-24-25-49-44(28)32)33-22-21-31(27-38(33)46)47-35-14-4-6-18-41(35)50-42-19-7-5-15-36(42)47/h1-4,6,8-14,16-18,20-27H,5,7,15,19H2. The molecule has 1 aromatic heterocycles. The molecule has 0 radical (unpaired) electrons. The third-order valence-electron chi connectivity index (χ3n) is 10.7. The van der Waals surface area contributed by atoms with Crippen molar-refractivity contribution in [3.05, 3.63) is 149 Å². The Morgan fingerprint density at radius 2 is 1.46 bits per heavy atom. The molecular formula is C44H31BN2OS2. The highest BCUT2D eigenvalue weighted by Crippen LogP contribution is 2.52. The molecule has 7 aromatic rings. The zero-order valence-corrected chi connectivity index (χ0v) is 28.9. The number of thioether (sulfide) groups is 1. The Labute approximate surface area is 300 Å². The zero-order valence-electron chi connectivity index (χ0n) is 27.3. The lowest BCUT2D eigenvalue weighted by Crippen LogP contribution is -2.59. The molecule has 0 spiro atoms. The van der Waals surface area contributed by atoms with Gasteiger partial charge in [-0.15, -0.1) is 11.3 Å². The highest BCUT2D eigenvalue weighted by molar-refractivity contribution is 8.03. The van der Waals surface area contributed by atoms with E-state index in [-0.39, 0.29) is 6.71 Å². The maximum atomic E-state index is 6.76. The molecule has 3 aliphatic heterocycles. The quantitative estimate of drug-likeness (QED) is 0.173. The highest BCUT2D eigenvalue weighted by atomic mass is 32.2. The number of rotatable bonds is 3. The van der Waals surface area contributed by atoms with Crippen LogP contribution < -0.4 is 30.9 Å². The van der Waals surface area contributed by atoms with Crippen molar-refractivity contribution in [3.63, 3.8) is 0 Å². The summed E-state index contributed by atoms with van der Waals surface area (Å²) in [5, 5.41) is 3.48. The third kappa shape index (κ3) is 4.25. The average Bonchev–Trinajstić information content (AvgIpc) is 3.66. The minimum absolute atomic E-state index is 0.0325. The van der Waals surface area contributed by atoms with E-state index in [1.165, 1.54) is 88.7 Å². The van der Waals surface area contributed by atoms with Crippen LogP contribution in [-0.2, 0) is 0 Å². The first kappa shape index (κ1) is 28.7. The molecule has 0 unspecified atom stereocenters. The van der Waals surface area contributed by atoms with Crippen LogP contribution in [0.4, 0.5) is 28.4 Å². The fourth-order valence-electron chi connectivity index (χ4n) is 8.56. The summed E-state index contributed by atoms with van der Waals surface area (Å²) in [4.78, 5) is 7.88. The Morgan fingerprint density at radius 1 is 0.600 bits per heavy atom. The van der Waals surface area contributed by atoms with Crippen molar-refractivity contribution in [2.45, 2.75) is 30.6 Å². The van der Waals surface area contributed by atoms with Crippen LogP contribution in [0, 0.1) is 0 Å². The van der Waals surface area contributed by atoms with E-state index in [1.54, 1.807) is 0 Å². The molecular weight excluding hydrogens is 647 g/mol. The molecule has 0 saturated carbocycles. The molecule has 0 N–H and O–H groups in total. The molecule has 238 valence electrons. The van der Waals surface area contributed by atoms with E-state index in [9.17, 15) is 0 Å². The van der Waals surface area contributed by atoms with Gasteiger partial charge in [-0.25, -0.2) is 0 Å². The van der Waals surface area contributed by atoms with Gasteiger partial charge in [-0.05, 0) is 125 Å². The van der Waals surface area contributed by atoms with Gasteiger partial charge in [0.15, 0.2) is 0 Å². The van der Waals surface area contributed by atoms with Crippen LogP contribution >= 0.6 is 23.1 Å². The van der Waals surface area contributed by atoms with Crippen LogP contribution in [-0.4, -0.2) is 6.71 Å². The lowest BCUT2D eigenvalue weighted by atomic mass is 9.34. The summed E-state index contributed by atoms with van der Waals surface area (Å²) in [6.07, 6.45) is 4.76. The van der Waals surface area contributed by atoms with E-state index in [0.717, 1.165) is 30.0 Å². The molecule has 50 heavy (non-hydrogen) atoms. The number of ether oxygens (including phenoxy) is 1. The van der Waals surface area contributed by atoms with Crippen molar-refractivity contribution in [2.75, 3.05) is 9.80 Å². The van der Waals surface area contributed by atoms with E-state index in [1.807, 2.05) is 23.1 Å². The van der Waals surface area contributed by atoms with Crippen LogP contribution in [0.3, 0.4) is 0 Å². The monoisotopic (exact) mass is 678 g/mol. The number of nitrogens with zero attached hydrogens (tertiary/aromatic N) is 2. The van der Waals surface area contributed by atoms with Gasteiger partial charge in [0.05, 0.1) is 5.69 Å². The molecule has 0 fully saturated rings. The number of benzene rings is 6. The van der Waals surface area contributed by atoms with E-state index >= 15 is 0 Å². The predicted octanol–water partition coefficient (Wildman–Crippen LogP) is 11.0. The lowest BCUT2D eigenvalue weighted by molar-refractivity contribution is 0.487. The second kappa shape index (κ2) is 11.2.